The first-order valence-electron chi connectivity index (χ1n) is 6.57. The van der Waals surface area contributed by atoms with Crippen LogP contribution in [0.1, 0.15) is 47.0 Å². The Morgan fingerprint density at radius 3 is 2.56 bits per heavy atom. The van der Waals surface area contributed by atoms with Crippen LogP contribution in [-0.2, 0) is 4.79 Å². The van der Waals surface area contributed by atoms with Crippen LogP contribution in [0.3, 0.4) is 0 Å². The fourth-order valence-corrected chi connectivity index (χ4v) is 2.57. The second-order valence-corrected chi connectivity index (χ2v) is 4.81. The number of carbonyl (C=O) groups is 1. The summed E-state index contributed by atoms with van der Waals surface area (Å²) in [5.41, 5.74) is 1.51. The van der Waals surface area contributed by atoms with E-state index in [9.17, 15) is 4.79 Å². The summed E-state index contributed by atoms with van der Waals surface area (Å²) in [6, 6.07) is 0. The molecule has 1 unspecified atom stereocenters. The van der Waals surface area contributed by atoms with Crippen LogP contribution < -0.4 is 0 Å². The van der Waals surface area contributed by atoms with Crippen LogP contribution in [0.25, 0.3) is 0 Å². The minimum atomic E-state index is 0.236. The smallest absolute Gasteiger partial charge is 0.225 e. The normalized spacial score (nSPS) is 24.2. The second kappa shape index (κ2) is 6.07. The first kappa shape index (κ1) is 13.3. The molecule has 1 amide bonds. The van der Waals surface area contributed by atoms with Crippen LogP contribution >= 0.6 is 0 Å². The highest BCUT2D eigenvalue weighted by Crippen LogP contribution is 2.24. The zero-order chi connectivity index (χ0) is 12.1. The van der Waals surface area contributed by atoms with E-state index in [4.69, 9.17) is 0 Å². The molecule has 2 heteroatoms. The first-order chi connectivity index (χ1) is 7.63. The fraction of sp³-hybridized carbons (Fsp3) is 0.786. The van der Waals surface area contributed by atoms with Crippen LogP contribution in [0.2, 0.25) is 0 Å². The average Bonchev–Trinajstić information content (AvgIpc) is 2.30. The topological polar surface area (TPSA) is 20.3 Å². The van der Waals surface area contributed by atoms with E-state index in [0.717, 1.165) is 32.4 Å². The van der Waals surface area contributed by atoms with E-state index in [1.54, 1.807) is 0 Å². The van der Waals surface area contributed by atoms with Gasteiger partial charge in [-0.3, -0.25) is 4.79 Å². The third-order valence-electron chi connectivity index (χ3n) is 3.81. The summed E-state index contributed by atoms with van der Waals surface area (Å²) in [6.45, 7) is 10.4. The van der Waals surface area contributed by atoms with Gasteiger partial charge in [0.25, 0.3) is 0 Å². The molecule has 1 fully saturated rings. The Morgan fingerprint density at radius 2 is 2.12 bits per heavy atom. The van der Waals surface area contributed by atoms with Crippen LogP contribution in [0.15, 0.2) is 11.6 Å². The molecule has 0 spiro atoms. The molecule has 1 aliphatic rings. The van der Waals surface area contributed by atoms with E-state index in [0.29, 0.717) is 11.8 Å². The molecule has 92 valence electrons. The van der Waals surface area contributed by atoms with Gasteiger partial charge in [0.2, 0.25) is 5.91 Å². The predicted octanol–water partition coefficient (Wildman–Crippen LogP) is 3.24. The molecule has 0 aliphatic carbocycles. The van der Waals surface area contributed by atoms with Crippen molar-refractivity contribution in [2.75, 3.05) is 13.1 Å². The van der Waals surface area contributed by atoms with Crippen molar-refractivity contribution in [2.45, 2.75) is 47.0 Å². The number of piperidine rings is 1. The molecule has 0 bridgehead atoms. The molecule has 0 saturated carbocycles. The van der Waals surface area contributed by atoms with Gasteiger partial charge in [0, 0.05) is 19.0 Å². The Balaban J connectivity index is 2.60. The van der Waals surface area contributed by atoms with Gasteiger partial charge in [-0.25, -0.2) is 0 Å². The standard InChI is InChI=1S/C14H25NO/c1-5-12(6-2)14(16)15-9-8-13(7-3)11(4)10-15/h7,11-12H,5-6,8-10H2,1-4H3. The number of carbonyl (C=O) groups excluding carboxylic acids is 1. The lowest BCUT2D eigenvalue weighted by molar-refractivity contribution is -0.136. The minimum absolute atomic E-state index is 0.236. The van der Waals surface area contributed by atoms with Gasteiger partial charge in [0.15, 0.2) is 0 Å². The number of amides is 1. The number of rotatable bonds is 3. The van der Waals surface area contributed by atoms with Crippen molar-refractivity contribution in [2.24, 2.45) is 11.8 Å². The third kappa shape index (κ3) is 2.87. The molecule has 2 nitrogen and oxygen atoms in total. The molecule has 1 saturated heterocycles. The molecular formula is C14H25NO. The molecule has 1 heterocycles. The lowest BCUT2D eigenvalue weighted by atomic mass is 9.91. The van der Waals surface area contributed by atoms with Gasteiger partial charge >= 0.3 is 0 Å². The predicted molar refractivity (Wildman–Crippen MR) is 68.2 cm³/mol. The number of hydrogen-bond acceptors (Lipinski definition) is 1. The Kier molecular flexibility index (Phi) is 5.04. The van der Waals surface area contributed by atoms with Crippen molar-refractivity contribution in [3.8, 4) is 0 Å². The van der Waals surface area contributed by atoms with Crippen molar-refractivity contribution in [3.05, 3.63) is 11.6 Å². The summed E-state index contributed by atoms with van der Waals surface area (Å²) in [4.78, 5) is 14.3. The van der Waals surface area contributed by atoms with Crippen LogP contribution in [-0.4, -0.2) is 23.9 Å². The summed E-state index contributed by atoms with van der Waals surface area (Å²) in [5.74, 6) is 1.14. The van der Waals surface area contributed by atoms with Gasteiger partial charge in [-0.15, -0.1) is 0 Å². The van der Waals surface area contributed by atoms with E-state index in [-0.39, 0.29) is 5.92 Å². The summed E-state index contributed by atoms with van der Waals surface area (Å²) < 4.78 is 0. The van der Waals surface area contributed by atoms with E-state index in [2.05, 4.69) is 38.7 Å². The summed E-state index contributed by atoms with van der Waals surface area (Å²) in [5, 5.41) is 0. The highest BCUT2D eigenvalue weighted by molar-refractivity contribution is 5.79. The maximum Gasteiger partial charge on any atom is 0.225 e. The monoisotopic (exact) mass is 223 g/mol. The fourth-order valence-electron chi connectivity index (χ4n) is 2.57. The molecule has 0 radical (unpaired) electrons. The van der Waals surface area contributed by atoms with Crippen molar-refractivity contribution < 1.29 is 4.79 Å². The first-order valence-corrected chi connectivity index (χ1v) is 6.57. The maximum atomic E-state index is 12.2. The summed E-state index contributed by atoms with van der Waals surface area (Å²) >= 11 is 0. The van der Waals surface area contributed by atoms with E-state index in [1.165, 1.54) is 5.57 Å². The van der Waals surface area contributed by atoms with Gasteiger partial charge < -0.3 is 4.90 Å². The molecule has 16 heavy (non-hydrogen) atoms. The summed E-state index contributed by atoms with van der Waals surface area (Å²) in [7, 11) is 0. The average molecular weight is 223 g/mol. The highest BCUT2D eigenvalue weighted by Gasteiger charge is 2.27. The SMILES string of the molecule is CC=C1CCN(C(=O)C(CC)CC)CC1C. The zero-order valence-electron chi connectivity index (χ0n) is 11.1. The van der Waals surface area contributed by atoms with Crippen LogP contribution in [0.4, 0.5) is 0 Å². The molecule has 0 N–H and O–H groups in total. The number of hydrogen-bond donors (Lipinski definition) is 0. The van der Waals surface area contributed by atoms with Crippen molar-refractivity contribution in [1.29, 1.82) is 0 Å². The molecule has 1 aliphatic heterocycles. The number of nitrogens with zero attached hydrogens (tertiary/aromatic N) is 1. The Labute approximate surface area is 99.7 Å². The van der Waals surface area contributed by atoms with Crippen molar-refractivity contribution in [3.63, 3.8) is 0 Å². The molecule has 1 atom stereocenters. The third-order valence-corrected chi connectivity index (χ3v) is 3.81. The number of likely N-dealkylation sites (tertiary alicyclic amines) is 1. The van der Waals surface area contributed by atoms with Gasteiger partial charge in [-0.05, 0) is 32.1 Å². The highest BCUT2D eigenvalue weighted by atomic mass is 16.2. The van der Waals surface area contributed by atoms with Gasteiger partial charge in [-0.2, -0.15) is 0 Å². The summed E-state index contributed by atoms with van der Waals surface area (Å²) in [6.07, 6.45) is 5.21. The maximum absolute atomic E-state index is 12.2. The molecule has 0 aromatic carbocycles. The van der Waals surface area contributed by atoms with E-state index in [1.807, 2.05) is 0 Å². The lowest BCUT2D eigenvalue weighted by Gasteiger charge is -2.35. The molecule has 0 aromatic heterocycles. The van der Waals surface area contributed by atoms with E-state index >= 15 is 0 Å². The molecular weight excluding hydrogens is 198 g/mol. The Hall–Kier alpha value is -0.790. The van der Waals surface area contributed by atoms with Gasteiger partial charge in [0.1, 0.15) is 0 Å². The quantitative estimate of drug-likeness (QED) is 0.673. The van der Waals surface area contributed by atoms with Gasteiger partial charge in [-0.1, -0.05) is 32.4 Å². The Morgan fingerprint density at radius 1 is 1.50 bits per heavy atom. The largest absolute Gasteiger partial charge is 0.342 e. The minimum Gasteiger partial charge on any atom is -0.342 e. The van der Waals surface area contributed by atoms with Crippen molar-refractivity contribution >= 4 is 5.91 Å². The second-order valence-electron chi connectivity index (χ2n) is 4.81. The van der Waals surface area contributed by atoms with Crippen molar-refractivity contribution in [1.82, 2.24) is 4.90 Å². The van der Waals surface area contributed by atoms with E-state index < -0.39 is 0 Å². The number of allylic oxidation sites excluding steroid dienone is 1. The molecule has 1 rings (SSSR count). The zero-order valence-corrected chi connectivity index (χ0v) is 11.1. The van der Waals surface area contributed by atoms with Gasteiger partial charge in [0.05, 0.1) is 0 Å². The Bertz CT molecular complexity index is 266. The van der Waals surface area contributed by atoms with Crippen LogP contribution in [0.5, 0.6) is 0 Å². The lowest BCUT2D eigenvalue weighted by Crippen LogP contribution is -2.43. The molecule has 0 aromatic rings. The van der Waals surface area contributed by atoms with Crippen LogP contribution in [0, 0.1) is 11.8 Å².